The fraction of sp³-hybridized carbons (Fsp3) is 0.304. The summed E-state index contributed by atoms with van der Waals surface area (Å²) < 4.78 is 21.8. The summed E-state index contributed by atoms with van der Waals surface area (Å²) >= 11 is 1.30. The first kappa shape index (κ1) is 23.2. The van der Waals surface area contributed by atoms with E-state index in [0.717, 1.165) is 4.70 Å². The highest BCUT2D eigenvalue weighted by molar-refractivity contribution is 7.24. The number of methoxy groups -OCH3 is 1. The standard InChI is InChI=1S/C23H22O8S/c1-4-29-21-18(23(27)31-11-10-17(24)28-3)14(22(26)30-5-2)12-16-19(21)20(25)13-8-6-7-9-15(13)32-16/h6-9,12H,4-5,10-11H2,1-3H3. The van der Waals surface area contributed by atoms with Crippen LogP contribution in [0.25, 0.3) is 20.2 Å². The summed E-state index contributed by atoms with van der Waals surface area (Å²) in [5.41, 5.74) is -0.601. The minimum atomic E-state index is -0.903. The fourth-order valence-electron chi connectivity index (χ4n) is 3.19. The molecule has 3 aromatic rings. The fourth-order valence-corrected chi connectivity index (χ4v) is 4.31. The SMILES string of the molecule is CCOC(=O)c1cc2sc3ccccc3c(=O)c2c(OCC)c1C(=O)OCCC(=O)OC. The minimum Gasteiger partial charge on any atom is -0.492 e. The van der Waals surface area contributed by atoms with Crippen LogP contribution in [-0.2, 0) is 19.0 Å². The van der Waals surface area contributed by atoms with Crippen molar-refractivity contribution in [3.05, 3.63) is 51.7 Å². The summed E-state index contributed by atoms with van der Waals surface area (Å²) in [6, 6.07) is 8.51. The third-order valence-electron chi connectivity index (χ3n) is 4.58. The van der Waals surface area contributed by atoms with Crippen LogP contribution in [0, 0.1) is 0 Å². The summed E-state index contributed by atoms with van der Waals surface area (Å²) in [5, 5.41) is 0.656. The van der Waals surface area contributed by atoms with Crippen LogP contribution >= 0.6 is 11.3 Å². The highest BCUT2D eigenvalue weighted by atomic mass is 32.1. The van der Waals surface area contributed by atoms with Gasteiger partial charge in [0.1, 0.15) is 17.9 Å². The van der Waals surface area contributed by atoms with E-state index in [1.807, 2.05) is 6.07 Å². The van der Waals surface area contributed by atoms with Crippen molar-refractivity contribution in [1.82, 2.24) is 0 Å². The van der Waals surface area contributed by atoms with Gasteiger partial charge in [-0.05, 0) is 32.0 Å². The van der Waals surface area contributed by atoms with Crippen molar-refractivity contribution < 1.29 is 33.3 Å². The van der Waals surface area contributed by atoms with E-state index in [0.29, 0.717) is 10.1 Å². The maximum Gasteiger partial charge on any atom is 0.342 e. The monoisotopic (exact) mass is 458 g/mol. The first-order valence-electron chi connectivity index (χ1n) is 9.99. The van der Waals surface area contributed by atoms with Gasteiger partial charge in [0, 0.05) is 14.8 Å². The van der Waals surface area contributed by atoms with Gasteiger partial charge in [-0.2, -0.15) is 0 Å². The van der Waals surface area contributed by atoms with Gasteiger partial charge in [-0.1, -0.05) is 12.1 Å². The van der Waals surface area contributed by atoms with Crippen molar-refractivity contribution in [1.29, 1.82) is 0 Å². The average molecular weight is 458 g/mol. The van der Waals surface area contributed by atoms with Crippen LogP contribution in [0.2, 0.25) is 0 Å². The molecule has 0 bridgehead atoms. The van der Waals surface area contributed by atoms with Crippen LogP contribution in [0.4, 0.5) is 0 Å². The van der Waals surface area contributed by atoms with E-state index in [1.165, 1.54) is 24.5 Å². The number of hydrogen-bond acceptors (Lipinski definition) is 9. The molecule has 0 aliphatic heterocycles. The Bertz CT molecular complexity index is 1240. The second-order valence-corrected chi connectivity index (χ2v) is 7.63. The Morgan fingerprint density at radius 2 is 1.72 bits per heavy atom. The molecule has 1 aromatic heterocycles. The second-order valence-electron chi connectivity index (χ2n) is 6.54. The molecule has 0 radical (unpaired) electrons. The van der Waals surface area contributed by atoms with Gasteiger partial charge in [0.25, 0.3) is 0 Å². The molecule has 0 atom stereocenters. The summed E-state index contributed by atoms with van der Waals surface area (Å²) in [7, 11) is 1.22. The molecule has 168 valence electrons. The Hall–Kier alpha value is -3.46. The normalized spacial score (nSPS) is 10.7. The molecule has 9 heteroatoms. The van der Waals surface area contributed by atoms with E-state index in [9.17, 15) is 19.2 Å². The maximum absolute atomic E-state index is 13.3. The molecule has 3 rings (SSSR count). The average Bonchev–Trinajstić information content (AvgIpc) is 2.78. The Kier molecular flexibility index (Phi) is 7.42. The van der Waals surface area contributed by atoms with Crippen LogP contribution in [0.1, 0.15) is 41.0 Å². The zero-order valence-corrected chi connectivity index (χ0v) is 18.7. The zero-order chi connectivity index (χ0) is 23.3. The molecular formula is C23H22O8S. The maximum atomic E-state index is 13.3. The number of rotatable bonds is 8. The number of fused-ring (bicyclic) bond motifs is 2. The highest BCUT2D eigenvalue weighted by Gasteiger charge is 2.29. The van der Waals surface area contributed by atoms with Crippen molar-refractivity contribution >= 4 is 49.4 Å². The molecule has 0 unspecified atom stereocenters. The van der Waals surface area contributed by atoms with Gasteiger partial charge in [0.15, 0.2) is 5.43 Å². The Labute approximate surface area is 187 Å². The summed E-state index contributed by atoms with van der Waals surface area (Å²) in [6.07, 6.45) is -0.159. The molecule has 0 fully saturated rings. The molecule has 0 aliphatic carbocycles. The van der Waals surface area contributed by atoms with Gasteiger partial charge in [-0.25, -0.2) is 9.59 Å². The first-order chi connectivity index (χ1) is 15.4. The predicted octanol–water partition coefficient (Wildman–Crippen LogP) is 3.71. The quantitative estimate of drug-likeness (QED) is 0.286. The van der Waals surface area contributed by atoms with Crippen molar-refractivity contribution in [2.45, 2.75) is 20.3 Å². The highest BCUT2D eigenvalue weighted by Crippen LogP contribution is 2.36. The smallest absolute Gasteiger partial charge is 0.342 e. The van der Waals surface area contributed by atoms with Gasteiger partial charge in [-0.15, -0.1) is 11.3 Å². The van der Waals surface area contributed by atoms with Crippen LogP contribution in [0.3, 0.4) is 0 Å². The van der Waals surface area contributed by atoms with E-state index in [-0.39, 0.29) is 53.9 Å². The molecule has 8 nitrogen and oxygen atoms in total. The topological polar surface area (TPSA) is 105 Å². The lowest BCUT2D eigenvalue weighted by atomic mass is 10.0. The molecule has 2 aromatic carbocycles. The van der Waals surface area contributed by atoms with E-state index < -0.39 is 17.9 Å². The molecule has 32 heavy (non-hydrogen) atoms. The number of carbonyl (C=O) groups is 3. The van der Waals surface area contributed by atoms with Gasteiger partial charge in [-0.3, -0.25) is 9.59 Å². The Morgan fingerprint density at radius 1 is 0.969 bits per heavy atom. The van der Waals surface area contributed by atoms with Crippen LogP contribution < -0.4 is 10.2 Å². The zero-order valence-electron chi connectivity index (χ0n) is 17.9. The molecule has 0 saturated carbocycles. The lowest BCUT2D eigenvalue weighted by Gasteiger charge is -2.16. The van der Waals surface area contributed by atoms with Crippen molar-refractivity contribution in [2.75, 3.05) is 26.9 Å². The van der Waals surface area contributed by atoms with E-state index >= 15 is 0 Å². The van der Waals surface area contributed by atoms with Crippen molar-refractivity contribution in [3.63, 3.8) is 0 Å². The second kappa shape index (κ2) is 10.2. The Balaban J connectivity index is 2.27. The summed E-state index contributed by atoms with van der Waals surface area (Å²) in [5.74, 6) is -2.24. The lowest BCUT2D eigenvalue weighted by Crippen LogP contribution is -2.19. The predicted molar refractivity (Wildman–Crippen MR) is 120 cm³/mol. The molecule has 0 aliphatic rings. The molecule has 0 spiro atoms. The number of hydrogen-bond donors (Lipinski definition) is 0. The third-order valence-corrected chi connectivity index (χ3v) is 5.70. The molecule has 0 N–H and O–H groups in total. The number of esters is 3. The van der Waals surface area contributed by atoms with E-state index in [4.69, 9.17) is 14.2 Å². The van der Waals surface area contributed by atoms with Crippen LogP contribution in [-0.4, -0.2) is 44.8 Å². The van der Waals surface area contributed by atoms with Gasteiger partial charge < -0.3 is 18.9 Å². The van der Waals surface area contributed by atoms with Gasteiger partial charge in [0.05, 0.1) is 37.7 Å². The molecule has 0 amide bonds. The van der Waals surface area contributed by atoms with Gasteiger partial charge in [0.2, 0.25) is 0 Å². The number of carbonyl (C=O) groups excluding carboxylic acids is 3. The largest absolute Gasteiger partial charge is 0.492 e. The van der Waals surface area contributed by atoms with Crippen LogP contribution in [0.5, 0.6) is 5.75 Å². The Morgan fingerprint density at radius 3 is 2.41 bits per heavy atom. The summed E-state index contributed by atoms with van der Waals surface area (Å²) in [6.45, 7) is 3.31. The first-order valence-corrected chi connectivity index (χ1v) is 10.8. The van der Waals surface area contributed by atoms with E-state index in [2.05, 4.69) is 4.74 Å². The van der Waals surface area contributed by atoms with Crippen molar-refractivity contribution in [3.8, 4) is 5.75 Å². The summed E-state index contributed by atoms with van der Waals surface area (Å²) in [4.78, 5) is 50.4. The molecule has 1 heterocycles. The van der Waals surface area contributed by atoms with Crippen molar-refractivity contribution in [2.24, 2.45) is 0 Å². The number of ether oxygens (including phenoxy) is 4. The van der Waals surface area contributed by atoms with Crippen LogP contribution in [0.15, 0.2) is 35.1 Å². The molecule has 0 saturated heterocycles. The van der Waals surface area contributed by atoms with E-state index in [1.54, 1.807) is 32.0 Å². The number of benzene rings is 2. The molecular weight excluding hydrogens is 436 g/mol. The minimum absolute atomic E-state index is 0.0388. The third kappa shape index (κ3) is 4.57. The lowest BCUT2D eigenvalue weighted by molar-refractivity contribution is -0.141. The van der Waals surface area contributed by atoms with Gasteiger partial charge >= 0.3 is 17.9 Å².